The normalized spacial score (nSPS) is 16.2. The Balaban J connectivity index is 2.06. The van der Waals surface area contributed by atoms with Crippen LogP contribution >= 0.6 is 0 Å². The van der Waals surface area contributed by atoms with Gasteiger partial charge >= 0.3 is 5.97 Å². The highest BCUT2D eigenvalue weighted by atomic mass is 16.5. The number of Topliss-reactive ketones (excluding diaryl/α,β-unsaturated/α-hetero) is 1. The van der Waals surface area contributed by atoms with Crippen LogP contribution in [0.25, 0.3) is 5.57 Å². The van der Waals surface area contributed by atoms with E-state index in [2.05, 4.69) is 16.8 Å². The van der Waals surface area contributed by atoms with Crippen molar-refractivity contribution in [2.24, 2.45) is 11.3 Å². The number of nitrogens with zero attached hydrogens (tertiary/aromatic N) is 1. The Morgan fingerprint density at radius 1 is 1.19 bits per heavy atom. The molecule has 4 nitrogen and oxygen atoms in total. The third-order valence-corrected chi connectivity index (χ3v) is 5.39. The molecule has 0 spiro atoms. The average Bonchev–Trinajstić information content (AvgIpc) is 2.97. The highest BCUT2D eigenvalue weighted by molar-refractivity contribution is 6.25. The third kappa shape index (κ3) is 4.94. The van der Waals surface area contributed by atoms with E-state index >= 15 is 0 Å². The molecule has 1 unspecified atom stereocenters. The van der Waals surface area contributed by atoms with Gasteiger partial charge in [-0.1, -0.05) is 12.0 Å². The molecule has 160 valence electrons. The van der Waals surface area contributed by atoms with Crippen molar-refractivity contribution in [1.82, 2.24) is 4.98 Å². The predicted octanol–water partition coefficient (Wildman–Crippen LogP) is 5.20. The summed E-state index contributed by atoms with van der Waals surface area (Å²) in [6.07, 6.45) is 2.63. The van der Waals surface area contributed by atoms with Gasteiger partial charge in [-0.25, -0.2) is 0 Å². The van der Waals surface area contributed by atoms with E-state index in [0.717, 1.165) is 27.9 Å². The number of hydrogen-bond donors (Lipinski definition) is 0. The van der Waals surface area contributed by atoms with Crippen molar-refractivity contribution >= 4 is 17.3 Å². The number of ketones is 1. The van der Waals surface area contributed by atoms with Crippen LogP contribution in [0, 0.1) is 37.0 Å². The Hall–Kier alpha value is -3.19. The van der Waals surface area contributed by atoms with Gasteiger partial charge in [0.2, 0.25) is 0 Å². The van der Waals surface area contributed by atoms with Crippen LogP contribution in [0.5, 0.6) is 0 Å². The van der Waals surface area contributed by atoms with E-state index in [4.69, 9.17) is 4.74 Å². The lowest BCUT2D eigenvalue weighted by Gasteiger charge is -2.18. The molecule has 0 aliphatic heterocycles. The van der Waals surface area contributed by atoms with E-state index in [-0.39, 0.29) is 17.7 Å². The SMILES string of the molecule is CC#Cc1cc(C)c(C2=C(OC(=O)C(C)(C)C)CC(Cc3ccccn3)C2=O)c(C)c1. The van der Waals surface area contributed by atoms with Crippen LogP contribution in [-0.4, -0.2) is 16.7 Å². The second-order valence-electron chi connectivity index (χ2n) is 9.09. The van der Waals surface area contributed by atoms with Gasteiger partial charge in [-0.2, -0.15) is 0 Å². The minimum Gasteiger partial charge on any atom is -0.430 e. The van der Waals surface area contributed by atoms with E-state index in [9.17, 15) is 9.59 Å². The molecule has 1 aliphatic rings. The fraction of sp³-hybridized carbons (Fsp3) is 0.370. The fourth-order valence-electron chi connectivity index (χ4n) is 3.89. The summed E-state index contributed by atoms with van der Waals surface area (Å²) in [6, 6.07) is 9.65. The lowest BCUT2D eigenvalue weighted by Crippen LogP contribution is -2.22. The second-order valence-corrected chi connectivity index (χ2v) is 9.09. The van der Waals surface area contributed by atoms with E-state index in [1.54, 1.807) is 13.1 Å². The first-order valence-corrected chi connectivity index (χ1v) is 10.6. The van der Waals surface area contributed by atoms with E-state index < -0.39 is 5.41 Å². The molecule has 2 aromatic rings. The molecule has 0 saturated carbocycles. The van der Waals surface area contributed by atoms with Gasteiger partial charge in [-0.15, -0.1) is 5.92 Å². The van der Waals surface area contributed by atoms with Crippen molar-refractivity contribution in [3.63, 3.8) is 0 Å². The third-order valence-electron chi connectivity index (χ3n) is 5.39. The summed E-state index contributed by atoms with van der Waals surface area (Å²) in [6.45, 7) is 11.2. The molecule has 1 aromatic heterocycles. The zero-order valence-corrected chi connectivity index (χ0v) is 19.1. The average molecular weight is 416 g/mol. The molecule has 0 radical (unpaired) electrons. The number of hydrogen-bond acceptors (Lipinski definition) is 4. The number of rotatable bonds is 4. The zero-order chi connectivity index (χ0) is 22.8. The maximum absolute atomic E-state index is 13.6. The van der Waals surface area contributed by atoms with Crippen LogP contribution in [-0.2, 0) is 20.7 Å². The van der Waals surface area contributed by atoms with E-state index in [1.807, 2.05) is 65.0 Å². The number of carbonyl (C=O) groups excluding carboxylic acids is 2. The van der Waals surface area contributed by atoms with Crippen LogP contribution in [0.15, 0.2) is 42.3 Å². The van der Waals surface area contributed by atoms with Crippen LogP contribution in [0.1, 0.15) is 62.1 Å². The highest BCUT2D eigenvalue weighted by Crippen LogP contribution is 2.40. The van der Waals surface area contributed by atoms with Crippen LogP contribution in [0.3, 0.4) is 0 Å². The molecule has 31 heavy (non-hydrogen) atoms. The van der Waals surface area contributed by atoms with Gasteiger partial charge < -0.3 is 4.74 Å². The molecule has 0 saturated heterocycles. The Morgan fingerprint density at radius 3 is 2.42 bits per heavy atom. The van der Waals surface area contributed by atoms with Crippen molar-refractivity contribution in [3.05, 3.63) is 70.2 Å². The van der Waals surface area contributed by atoms with Gasteiger partial charge in [0.1, 0.15) is 5.76 Å². The molecule has 1 aliphatic carbocycles. The Bertz CT molecular complexity index is 1090. The molecule has 3 rings (SSSR count). The number of benzene rings is 1. The van der Waals surface area contributed by atoms with Crippen molar-refractivity contribution in [1.29, 1.82) is 0 Å². The van der Waals surface area contributed by atoms with Gasteiger partial charge in [0.05, 0.1) is 11.0 Å². The van der Waals surface area contributed by atoms with E-state index in [0.29, 0.717) is 24.2 Å². The van der Waals surface area contributed by atoms with Gasteiger partial charge in [0.25, 0.3) is 0 Å². The van der Waals surface area contributed by atoms with Crippen LogP contribution in [0.4, 0.5) is 0 Å². The first-order chi connectivity index (χ1) is 14.6. The van der Waals surface area contributed by atoms with E-state index in [1.165, 1.54) is 0 Å². The van der Waals surface area contributed by atoms with Gasteiger partial charge in [0, 0.05) is 36.2 Å². The smallest absolute Gasteiger partial charge is 0.316 e. The second kappa shape index (κ2) is 8.89. The summed E-state index contributed by atoms with van der Waals surface area (Å²) < 4.78 is 5.84. The molecular formula is C27H29NO3. The number of pyridine rings is 1. The number of aromatic nitrogens is 1. The number of ether oxygens (including phenoxy) is 1. The Morgan fingerprint density at radius 2 is 1.87 bits per heavy atom. The summed E-state index contributed by atoms with van der Waals surface area (Å²) >= 11 is 0. The van der Waals surface area contributed by atoms with Gasteiger partial charge in [0.15, 0.2) is 5.78 Å². The Kier molecular flexibility index (Phi) is 6.45. The minimum atomic E-state index is -0.662. The molecule has 0 amide bonds. The van der Waals surface area contributed by atoms with Crippen molar-refractivity contribution in [2.45, 2.75) is 54.4 Å². The minimum absolute atomic E-state index is 0.00267. The first kappa shape index (κ1) is 22.5. The zero-order valence-electron chi connectivity index (χ0n) is 19.1. The summed E-state index contributed by atoms with van der Waals surface area (Å²) in [7, 11) is 0. The molecular weight excluding hydrogens is 386 g/mol. The maximum Gasteiger partial charge on any atom is 0.316 e. The van der Waals surface area contributed by atoms with Gasteiger partial charge in [-0.3, -0.25) is 14.6 Å². The monoisotopic (exact) mass is 415 g/mol. The molecule has 1 atom stereocenters. The number of allylic oxidation sites excluding steroid dienone is 2. The molecule has 0 bridgehead atoms. The standard InChI is InChI=1S/C27H29NO3/c1-7-10-19-13-17(2)23(18(3)14-19)24-22(31-26(30)27(4,5)6)16-20(25(24)29)15-21-11-8-9-12-28-21/h8-9,11-14,20H,15-16H2,1-6H3. The topological polar surface area (TPSA) is 56.3 Å². The van der Waals surface area contributed by atoms with Crippen molar-refractivity contribution in [3.8, 4) is 11.8 Å². The Labute approximate surface area is 184 Å². The summed E-state index contributed by atoms with van der Waals surface area (Å²) in [4.78, 5) is 30.6. The lowest BCUT2D eigenvalue weighted by molar-refractivity contribution is -0.148. The van der Waals surface area contributed by atoms with Gasteiger partial charge in [-0.05, 0) is 82.5 Å². The van der Waals surface area contributed by atoms with Crippen molar-refractivity contribution < 1.29 is 14.3 Å². The first-order valence-electron chi connectivity index (χ1n) is 10.6. The molecule has 0 N–H and O–H groups in total. The quantitative estimate of drug-likeness (QED) is 0.509. The number of carbonyl (C=O) groups is 2. The predicted molar refractivity (Wildman–Crippen MR) is 122 cm³/mol. The largest absolute Gasteiger partial charge is 0.430 e. The van der Waals surface area contributed by atoms with Crippen LogP contribution < -0.4 is 0 Å². The fourth-order valence-corrected chi connectivity index (χ4v) is 3.89. The number of aryl methyl sites for hydroxylation is 2. The van der Waals surface area contributed by atoms with Crippen LogP contribution in [0.2, 0.25) is 0 Å². The molecule has 0 fully saturated rings. The lowest BCUT2D eigenvalue weighted by atomic mass is 9.89. The van der Waals surface area contributed by atoms with Crippen molar-refractivity contribution in [2.75, 3.05) is 0 Å². The highest BCUT2D eigenvalue weighted by Gasteiger charge is 2.39. The summed E-state index contributed by atoms with van der Waals surface area (Å²) in [5.74, 6) is 5.82. The molecule has 4 heteroatoms. The maximum atomic E-state index is 13.6. The summed E-state index contributed by atoms with van der Waals surface area (Å²) in [5.41, 5.74) is 4.35. The molecule has 1 heterocycles. The summed E-state index contributed by atoms with van der Waals surface area (Å²) in [5, 5.41) is 0. The molecule has 1 aromatic carbocycles. The number of esters is 1.